The third kappa shape index (κ3) is 4.75. The number of rotatable bonds is 7. The quantitative estimate of drug-likeness (QED) is 0.426. The molecule has 0 spiro atoms. The van der Waals surface area contributed by atoms with E-state index in [-0.39, 0.29) is 12.5 Å². The van der Waals surface area contributed by atoms with Crippen LogP contribution in [0.25, 0.3) is 6.08 Å². The van der Waals surface area contributed by atoms with Crippen LogP contribution < -0.4 is 4.90 Å². The van der Waals surface area contributed by atoms with E-state index in [4.69, 9.17) is 9.15 Å². The Balaban J connectivity index is 1.69. The van der Waals surface area contributed by atoms with Gasteiger partial charge in [-0.15, -0.1) is 11.3 Å². The highest BCUT2D eigenvalue weighted by Gasteiger charge is 2.20. The Labute approximate surface area is 167 Å². The van der Waals surface area contributed by atoms with Crippen LogP contribution in [0.3, 0.4) is 0 Å². The molecule has 0 radical (unpaired) electrons. The van der Waals surface area contributed by atoms with Crippen LogP contribution in [0.4, 0.5) is 10.8 Å². The second-order valence-corrected chi connectivity index (χ2v) is 6.75. The van der Waals surface area contributed by atoms with E-state index in [9.17, 15) is 9.59 Å². The summed E-state index contributed by atoms with van der Waals surface area (Å²) < 4.78 is 10.3. The smallest absolute Gasteiger partial charge is 0.331 e. The Morgan fingerprint density at radius 2 is 2.07 bits per heavy atom. The molecular weight excluding hydrogens is 376 g/mol. The van der Waals surface area contributed by atoms with Crippen molar-refractivity contribution in [3.05, 3.63) is 71.1 Å². The molecule has 0 aliphatic rings. The van der Waals surface area contributed by atoms with Crippen molar-refractivity contribution in [2.75, 3.05) is 4.90 Å². The first-order valence-electron chi connectivity index (χ1n) is 8.79. The third-order valence-corrected chi connectivity index (χ3v) is 4.82. The van der Waals surface area contributed by atoms with Gasteiger partial charge in [-0.3, -0.25) is 9.69 Å². The van der Waals surface area contributed by atoms with Crippen molar-refractivity contribution >= 4 is 40.1 Å². The Kier molecular flexibility index (Phi) is 6.39. The fraction of sp³-hybridized carbons (Fsp3) is 0.190. The van der Waals surface area contributed by atoms with Crippen molar-refractivity contribution < 1.29 is 18.7 Å². The molecule has 1 amide bonds. The first kappa shape index (κ1) is 19.6. The number of aryl methyl sites for hydroxylation is 1. The fourth-order valence-electron chi connectivity index (χ4n) is 2.63. The number of thiazole rings is 1. The summed E-state index contributed by atoms with van der Waals surface area (Å²) >= 11 is 1.33. The van der Waals surface area contributed by atoms with Crippen LogP contribution in [-0.2, 0) is 27.4 Å². The molecule has 2 aromatic heterocycles. The van der Waals surface area contributed by atoms with E-state index < -0.39 is 5.97 Å². The summed E-state index contributed by atoms with van der Waals surface area (Å²) in [7, 11) is 0. The van der Waals surface area contributed by atoms with Crippen molar-refractivity contribution in [1.82, 2.24) is 4.98 Å². The van der Waals surface area contributed by atoms with E-state index in [1.807, 2.05) is 31.2 Å². The molecule has 3 aromatic rings. The lowest BCUT2D eigenvalue weighted by molar-refractivity contribution is -0.139. The van der Waals surface area contributed by atoms with Gasteiger partial charge in [0.05, 0.1) is 17.6 Å². The predicted molar refractivity (Wildman–Crippen MR) is 108 cm³/mol. The van der Waals surface area contributed by atoms with Crippen LogP contribution >= 0.6 is 11.3 Å². The molecule has 0 bridgehead atoms. The van der Waals surface area contributed by atoms with E-state index >= 15 is 0 Å². The van der Waals surface area contributed by atoms with Crippen LogP contribution in [0.5, 0.6) is 0 Å². The molecule has 0 saturated heterocycles. The fourth-order valence-corrected chi connectivity index (χ4v) is 3.49. The second-order valence-electron chi connectivity index (χ2n) is 5.91. The van der Waals surface area contributed by atoms with Gasteiger partial charge in [0.1, 0.15) is 12.4 Å². The van der Waals surface area contributed by atoms with Gasteiger partial charge in [0.25, 0.3) is 0 Å². The Bertz CT molecular complexity index is 976. The predicted octanol–water partition coefficient (Wildman–Crippen LogP) is 4.74. The number of amides is 1. The number of benzene rings is 1. The monoisotopic (exact) mass is 396 g/mol. The summed E-state index contributed by atoms with van der Waals surface area (Å²) in [6.07, 6.45) is 5.16. The molecule has 0 unspecified atom stereocenters. The molecule has 0 fully saturated rings. The van der Waals surface area contributed by atoms with Gasteiger partial charge in [-0.05, 0) is 36.3 Å². The molecule has 7 heteroatoms. The van der Waals surface area contributed by atoms with E-state index in [1.54, 1.807) is 22.4 Å². The Morgan fingerprint density at radius 1 is 1.25 bits per heavy atom. The zero-order valence-electron chi connectivity index (χ0n) is 15.6. The number of esters is 1. The van der Waals surface area contributed by atoms with Crippen LogP contribution in [0, 0.1) is 0 Å². The number of anilines is 2. The molecule has 6 nitrogen and oxygen atoms in total. The molecule has 0 aliphatic heterocycles. The highest BCUT2D eigenvalue weighted by atomic mass is 32.1. The summed E-state index contributed by atoms with van der Waals surface area (Å²) in [5.74, 6) is -0.0505. The summed E-state index contributed by atoms with van der Waals surface area (Å²) in [5.41, 5.74) is 2.46. The number of hydrogen-bond acceptors (Lipinski definition) is 6. The first-order valence-corrected chi connectivity index (χ1v) is 9.67. The van der Waals surface area contributed by atoms with E-state index in [0.717, 1.165) is 17.7 Å². The van der Waals surface area contributed by atoms with Gasteiger partial charge in [0.15, 0.2) is 5.13 Å². The standard InChI is InChI=1S/C21H20N2O4S/c1-3-16-7-4-5-9-19(16)23(15(2)24)21-22-17(14-28-21)13-27-20(25)11-10-18-8-6-12-26-18/h4-12,14H,3,13H2,1-2H3/b11-10+. The number of aromatic nitrogens is 1. The number of carbonyl (C=O) groups excluding carboxylic acids is 2. The maximum Gasteiger partial charge on any atom is 0.331 e. The Hall–Kier alpha value is -3.19. The molecule has 0 N–H and O–H groups in total. The van der Waals surface area contributed by atoms with Crippen LogP contribution in [0.2, 0.25) is 0 Å². The van der Waals surface area contributed by atoms with Crippen LogP contribution in [-0.4, -0.2) is 16.9 Å². The molecule has 0 aliphatic carbocycles. The molecule has 1 aromatic carbocycles. The van der Waals surface area contributed by atoms with E-state index in [0.29, 0.717) is 16.6 Å². The van der Waals surface area contributed by atoms with Gasteiger partial charge in [0.2, 0.25) is 5.91 Å². The van der Waals surface area contributed by atoms with Crippen molar-refractivity contribution in [3.8, 4) is 0 Å². The summed E-state index contributed by atoms with van der Waals surface area (Å²) in [5, 5.41) is 2.33. The number of furan rings is 1. The minimum Gasteiger partial charge on any atom is -0.465 e. The second kappa shape index (κ2) is 9.14. The molecule has 144 valence electrons. The van der Waals surface area contributed by atoms with Crippen molar-refractivity contribution in [3.63, 3.8) is 0 Å². The van der Waals surface area contributed by atoms with Gasteiger partial charge >= 0.3 is 5.97 Å². The van der Waals surface area contributed by atoms with E-state index in [1.165, 1.54) is 36.7 Å². The molecule has 0 saturated carbocycles. The van der Waals surface area contributed by atoms with Crippen LogP contribution in [0.15, 0.2) is 58.5 Å². The highest BCUT2D eigenvalue weighted by molar-refractivity contribution is 7.14. The molecule has 2 heterocycles. The van der Waals surface area contributed by atoms with E-state index in [2.05, 4.69) is 4.98 Å². The average molecular weight is 396 g/mol. The van der Waals surface area contributed by atoms with Crippen molar-refractivity contribution in [1.29, 1.82) is 0 Å². The minimum absolute atomic E-state index is 0.0268. The van der Waals surface area contributed by atoms with Gasteiger partial charge in [0, 0.05) is 18.4 Å². The maximum absolute atomic E-state index is 12.3. The zero-order chi connectivity index (χ0) is 19.9. The Morgan fingerprint density at radius 3 is 2.79 bits per heavy atom. The highest BCUT2D eigenvalue weighted by Crippen LogP contribution is 2.31. The lowest BCUT2D eigenvalue weighted by Crippen LogP contribution is -2.23. The van der Waals surface area contributed by atoms with Crippen molar-refractivity contribution in [2.45, 2.75) is 26.9 Å². The lowest BCUT2D eigenvalue weighted by Gasteiger charge is -2.20. The van der Waals surface area contributed by atoms with Gasteiger partial charge in [-0.25, -0.2) is 9.78 Å². The minimum atomic E-state index is -0.495. The van der Waals surface area contributed by atoms with Crippen molar-refractivity contribution in [2.24, 2.45) is 0 Å². The largest absolute Gasteiger partial charge is 0.465 e. The summed E-state index contributed by atoms with van der Waals surface area (Å²) in [6, 6.07) is 11.2. The summed E-state index contributed by atoms with van der Waals surface area (Å²) in [4.78, 5) is 30.2. The van der Waals surface area contributed by atoms with Gasteiger partial charge in [-0.2, -0.15) is 0 Å². The zero-order valence-corrected chi connectivity index (χ0v) is 16.4. The van der Waals surface area contributed by atoms with Gasteiger partial charge < -0.3 is 9.15 Å². The number of para-hydroxylation sites is 1. The molecule has 3 rings (SSSR count). The molecule has 0 atom stereocenters. The molecule has 28 heavy (non-hydrogen) atoms. The maximum atomic E-state index is 12.3. The van der Waals surface area contributed by atoms with Crippen LogP contribution in [0.1, 0.15) is 30.9 Å². The number of carbonyl (C=O) groups is 2. The first-order chi connectivity index (χ1) is 13.6. The number of hydrogen-bond donors (Lipinski definition) is 0. The summed E-state index contributed by atoms with van der Waals surface area (Å²) in [6.45, 7) is 3.58. The molecular formula is C21H20N2O4S. The number of ether oxygens (including phenoxy) is 1. The SMILES string of the molecule is CCc1ccccc1N(C(C)=O)c1nc(COC(=O)/C=C/c2ccco2)cs1. The normalized spacial score (nSPS) is 10.9. The number of nitrogens with zero attached hydrogens (tertiary/aromatic N) is 2. The lowest BCUT2D eigenvalue weighted by atomic mass is 10.1. The van der Waals surface area contributed by atoms with Gasteiger partial charge in [-0.1, -0.05) is 25.1 Å². The topological polar surface area (TPSA) is 72.6 Å². The average Bonchev–Trinajstić information content (AvgIpc) is 3.37. The third-order valence-electron chi connectivity index (χ3n) is 3.95.